The minimum Gasteiger partial charge on any atom is -0.467 e. The van der Waals surface area contributed by atoms with Crippen molar-refractivity contribution < 1.29 is 41.8 Å². The van der Waals surface area contributed by atoms with Crippen LogP contribution in [0.5, 0.6) is 0 Å². The van der Waals surface area contributed by atoms with Crippen LogP contribution < -0.4 is 10.2 Å². The standard InChI is InChI=1S/C26H27F3N2O6/c1-5-36-23(34)31-19-13-9-8-12-18(19)24(21(32)37-15(2)3)14-25(22(33)35-4,30-20(24)31)16-10-6-7-11-17(16)26(27,28)29/h6-13,15,20,30H,5,14H2,1-4H3/t20-,24-,25+/m1/s1. The first-order chi connectivity index (χ1) is 17.4. The number of halogens is 3. The number of para-hydroxylation sites is 1. The molecule has 2 aliphatic heterocycles. The third-order valence-electron chi connectivity index (χ3n) is 6.69. The number of nitrogens with zero attached hydrogens (tertiary/aromatic N) is 1. The molecule has 1 N–H and O–H groups in total. The number of methoxy groups -OCH3 is 1. The van der Waals surface area contributed by atoms with Crippen LogP contribution in [-0.2, 0) is 40.9 Å². The normalized spacial score (nSPS) is 24.4. The van der Waals surface area contributed by atoms with Gasteiger partial charge in [0.15, 0.2) is 0 Å². The van der Waals surface area contributed by atoms with Gasteiger partial charge in [-0.25, -0.2) is 9.59 Å². The Balaban J connectivity index is 2.03. The van der Waals surface area contributed by atoms with Gasteiger partial charge in [-0.1, -0.05) is 36.4 Å². The molecule has 2 aromatic carbocycles. The number of nitrogens with one attached hydrogen (secondary N) is 1. The molecule has 1 saturated heterocycles. The van der Waals surface area contributed by atoms with Gasteiger partial charge in [-0.2, -0.15) is 13.2 Å². The third-order valence-corrected chi connectivity index (χ3v) is 6.69. The average Bonchev–Trinajstić information content (AvgIpc) is 3.33. The molecule has 198 valence electrons. The Labute approximate surface area is 211 Å². The van der Waals surface area contributed by atoms with Crippen LogP contribution in [0.25, 0.3) is 0 Å². The van der Waals surface area contributed by atoms with E-state index in [4.69, 9.17) is 14.2 Å². The van der Waals surface area contributed by atoms with Gasteiger partial charge in [0.2, 0.25) is 0 Å². The number of fused-ring (bicyclic) bond motifs is 3. The van der Waals surface area contributed by atoms with Crippen molar-refractivity contribution >= 4 is 23.7 Å². The molecular weight excluding hydrogens is 493 g/mol. The number of esters is 2. The number of anilines is 1. The lowest BCUT2D eigenvalue weighted by Crippen LogP contribution is -2.57. The molecule has 11 heteroatoms. The molecule has 2 heterocycles. The molecule has 0 aliphatic carbocycles. The number of ether oxygens (including phenoxy) is 3. The van der Waals surface area contributed by atoms with Crippen LogP contribution in [-0.4, -0.2) is 44.0 Å². The van der Waals surface area contributed by atoms with E-state index < -0.39 is 65.0 Å². The smallest absolute Gasteiger partial charge is 0.416 e. The summed E-state index contributed by atoms with van der Waals surface area (Å²) in [5.41, 5.74) is -4.76. The SMILES string of the molecule is CCOC(=O)N1c2ccccc2[C@]2(C(=O)OC(C)C)C[C@@](C(=O)OC)(c3ccccc3C(F)(F)F)N[C@H]12. The molecule has 0 spiro atoms. The van der Waals surface area contributed by atoms with Crippen LogP contribution in [0.4, 0.5) is 23.7 Å². The van der Waals surface area contributed by atoms with Crippen molar-refractivity contribution in [2.45, 2.75) is 56.6 Å². The molecule has 0 radical (unpaired) electrons. The van der Waals surface area contributed by atoms with Crippen molar-refractivity contribution in [2.75, 3.05) is 18.6 Å². The molecule has 0 saturated carbocycles. The summed E-state index contributed by atoms with van der Waals surface area (Å²) in [7, 11) is 1.05. The molecule has 0 bridgehead atoms. The Morgan fingerprint density at radius 3 is 2.27 bits per heavy atom. The van der Waals surface area contributed by atoms with Gasteiger partial charge in [0.25, 0.3) is 0 Å². The molecule has 2 aliphatic rings. The summed E-state index contributed by atoms with van der Waals surface area (Å²) in [6, 6.07) is 11.1. The second kappa shape index (κ2) is 9.37. The van der Waals surface area contributed by atoms with Crippen molar-refractivity contribution in [3.05, 3.63) is 65.2 Å². The van der Waals surface area contributed by atoms with Crippen LogP contribution in [0.15, 0.2) is 48.5 Å². The van der Waals surface area contributed by atoms with E-state index in [1.807, 2.05) is 0 Å². The number of benzene rings is 2. The van der Waals surface area contributed by atoms with Crippen LogP contribution in [0.1, 0.15) is 43.9 Å². The summed E-state index contributed by atoms with van der Waals surface area (Å²) in [4.78, 5) is 41.6. The lowest BCUT2D eigenvalue weighted by atomic mass is 9.72. The number of alkyl halides is 3. The van der Waals surface area contributed by atoms with E-state index in [9.17, 15) is 27.6 Å². The maximum absolute atomic E-state index is 14.1. The largest absolute Gasteiger partial charge is 0.467 e. The number of carbonyl (C=O) groups excluding carboxylic acids is 3. The van der Waals surface area contributed by atoms with Crippen molar-refractivity contribution in [2.24, 2.45) is 0 Å². The second-order valence-electron chi connectivity index (χ2n) is 9.18. The molecule has 1 fully saturated rings. The fourth-order valence-corrected chi connectivity index (χ4v) is 5.35. The monoisotopic (exact) mass is 520 g/mol. The van der Waals surface area contributed by atoms with E-state index >= 15 is 0 Å². The Hall–Kier alpha value is -3.60. The second-order valence-corrected chi connectivity index (χ2v) is 9.18. The van der Waals surface area contributed by atoms with Crippen LogP contribution in [0.3, 0.4) is 0 Å². The Kier molecular flexibility index (Phi) is 6.70. The predicted octanol–water partition coefficient (Wildman–Crippen LogP) is 4.26. The zero-order valence-electron chi connectivity index (χ0n) is 20.7. The van der Waals surface area contributed by atoms with Crippen molar-refractivity contribution in [3.63, 3.8) is 0 Å². The van der Waals surface area contributed by atoms with Gasteiger partial charge in [-0.05, 0) is 44.0 Å². The van der Waals surface area contributed by atoms with Gasteiger partial charge in [0.05, 0.1) is 31.1 Å². The fraction of sp³-hybridized carbons (Fsp3) is 0.423. The molecule has 3 atom stereocenters. The van der Waals surface area contributed by atoms with Gasteiger partial charge in [-0.3, -0.25) is 15.0 Å². The van der Waals surface area contributed by atoms with E-state index in [0.717, 1.165) is 24.1 Å². The average molecular weight is 521 g/mol. The van der Waals surface area contributed by atoms with Gasteiger partial charge >= 0.3 is 24.2 Å². The minimum absolute atomic E-state index is 0.00666. The first kappa shape index (κ1) is 26.5. The lowest BCUT2D eigenvalue weighted by molar-refractivity contribution is -0.155. The summed E-state index contributed by atoms with van der Waals surface area (Å²) >= 11 is 0. The topological polar surface area (TPSA) is 94.2 Å². The van der Waals surface area contributed by atoms with E-state index in [1.54, 1.807) is 45.0 Å². The van der Waals surface area contributed by atoms with Crippen LogP contribution in [0.2, 0.25) is 0 Å². The number of hydrogen-bond donors (Lipinski definition) is 1. The zero-order chi connectivity index (χ0) is 27.2. The number of rotatable bonds is 5. The molecule has 0 aromatic heterocycles. The minimum atomic E-state index is -4.82. The highest BCUT2D eigenvalue weighted by Crippen LogP contribution is 2.57. The van der Waals surface area contributed by atoms with Crippen molar-refractivity contribution in [3.8, 4) is 0 Å². The molecule has 1 amide bonds. The van der Waals surface area contributed by atoms with Gasteiger partial charge in [0, 0.05) is 6.42 Å². The molecule has 8 nitrogen and oxygen atoms in total. The predicted molar refractivity (Wildman–Crippen MR) is 126 cm³/mol. The maximum atomic E-state index is 14.1. The lowest BCUT2D eigenvalue weighted by Gasteiger charge is -2.33. The number of hydrogen-bond acceptors (Lipinski definition) is 7. The molecular formula is C26H27F3N2O6. The quantitative estimate of drug-likeness (QED) is 0.465. The van der Waals surface area contributed by atoms with E-state index in [1.165, 1.54) is 12.1 Å². The highest BCUT2D eigenvalue weighted by atomic mass is 19.4. The Morgan fingerprint density at radius 2 is 1.68 bits per heavy atom. The number of amides is 1. The Bertz CT molecular complexity index is 1230. The molecule has 4 rings (SSSR count). The summed E-state index contributed by atoms with van der Waals surface area (Å²) in [6.07, 6.45) is -8.04. The van der Waals surface area contributed by atoms with Crippen molar-refractivity contribution in [1.82, 2.24) is 5.32 Å². The van der Waals surface area contributed by atoms with E-state index in [2.05, 4.69) is 5.32 Å². The van der Waals surface area contributed by atoms with Crippen LogP contribution in [0, 0.1) is 0 Å². The first-order valence-corrected chi connectivity index (χ1v) is 11.7. The number of carbonyl (C=O) groups is 3. The Morgan fingerprint density at radius 1 is 1.05 bits per heavy atom. The first-order valence-electron chi connectivity index (χ1n) is 11.7. The summed E-state index contributed by atoms with van der Waals surface area (Å²) < 4.78 is 58.3. The highest BCUT2D eigenvalue weighted by molar-refractivity contribution is 6.02. The zero-order valence-corrected chi connectivity index (χ0v) is 20.7. The fourth-order valence-electron chi connectivity index (χ4n) is 5.35. The third kappa shape index (κ3) is 4.01. The summed E-state index contributed by atoms with van der Waals surface area (Å²) in [5, 5.41) is 2.93. The van der Waals surface area contributed by atoms with Crippen molar-refractivity contribution in [1.29, 1.82) is 0 Å². The molecule has 0 unspecified atom stereocenters. The van der Waals surface area contributed by atoms with Gasteiger partial charge in [0.1, 0.15) is 17.1 Å². The van der Waals surface area contributed by atoms with Gasteiger partial charge in [-0.15, -0.1) is 0 Å². The maximum Gasteiger partial charge on any atom is 0.416 e. The summed E-state index contributed by atoms with van der Waals surface area (Å²) in [5.74, 6) is -1.84. The van der Waals surface area contributed by atoms with E-state index in [-0.39, 0.29) is 6.61 Å². The van der Waals surface area contributed by atoms with Crippen LogP contribution >= 0.6 is 0 Å². The van der Waals surface area contributed by atoms with Gasteiger partial charge < -0.3 is 14.2 Å². The molecule has 37 heavy (non-hydrogen) atoms. The molecule has 2 aromatic rings. The summed E-state index contributed by atoms with van der Waals surface area (Å²) in [6.45, 7) is 4.86. The van der Waals surface area contributed by atoms with E-state index in [0.29, 0.717) is 11.3 Å². The highest BCUT2D eigenvalue weighted by Gasteiger charge is 2.71.